The van der Waals surface area contributed by atoms with Crippen molar-refractivity contribution < 1.29 is 9.18 Å². The maximum absolute atomic E-state index is 13.6. The number of rotatable bonds is 3. The minimum Gasteiger partial charge on any atom is -0.398 e. The molecule has 1 aliphatic heterocycles. The summed E-state index contributed by atoms with van der Waals surface area (Å²) < 4.78 is 13.6. The molecule has 3 nitrogen and oxygen atoms in total. The largest absolute Gasteiger partial charge is 0.398 e. The van der Waals surface area contributed by atoms with Crippen molar-refractivity contribution in [2.75, 3.05) is 5.73 Å². The average molecular weight is 310 g/mol. The van der Waals surface area contributed by atoms with E-state index in [1.807, 2.05) is 13.8 Å². The van der Waals surface area contributed by atoms with Gasteiger partial charge in [0, 0.05) is 16.8 Å². The van der Waals surface area contributed by atoms with Crippen LogP contribution in [0.3, 0.4) is 0 Å². The number of halogens is 1. The third-order valence-electron chi connectivity index (χ3n) is 4.03. The van der Waals surface area contributed by atoms with Crippen LogP contribution >= 0.6 is 0 Å². The SMILES string of the molecule is CC1(C)Cc2ccc(F)cc2C(CC(=O)c2ccccc2N)=N1. The zero-order chi connectivity index (χ0) is 16.6. The van der Waals surface area contributed by atoms with Crippen LogP contribution in [0.1, 0.15) is 41.8 Å². The molecular weight excluding hydrogens is 291 g/mol. The van der Waals surface area contributed by atoms with Gasteiger partial charge in [-0.2, -0.15) is 0 Å². The number of fused-ring (bicyclic) bond motifs is 1. The van der Waals surface area contributed by atoms with Crippen LogP contribution < -0.4 is 5.73 Å². The number of Topliss-reactive ketones (excluding diaryl/α,β-unsaturated/α-hetero) is 1. The Labute approximate surface area is 135 Å². The Kier molecular flexibility index (Phi) is 3.76. The summed E-state index contributed by atoms with van der Waals surface area (Å²) >= 11 is 0. The van der Waals surface area contributed by atoms with E-state index in [9.17, 15) is 9.18 Å². The van der Waals surface area contributed by atoms with Crippen LogP contribution in [0.2, 0.25) is 0 Å². The molecule has 0 unspecified atom stereocenters. The van der Waals surface area contributed by atoms with Crippen LogP contribution in [-0.4, -0.2) is 17.0 Å². The lowest BCUT2D eigenvalue weighted by atomic mass is 9.85. The first-order valence-electron chi connectivity index (χ1n) is 7.61. The number of para-hydroxylation sites is 1. The summed E-state index contributed by atoms with van der Waals surface area (Å²) in [5.41, 5.74) is 8.89. The molecule has 0 radical (unpaired) electrons. The number of carbonyl (C=O) groups is 1. The number of hydrogen-bond acceptors (Lipinski definition) is 3. The zero-order valence-electron chi connectivity index (χ0n) is 13.3. The maximum atomic E-state index is 13.6. The van der Waals surface area contributed by atoms with Crippen molar-refractivity contribution in [1.29, 1.82) is 0 Å². The van der Waals surface area contributed by atoms with Crippen molar-refractivity contribution in [3.63, 3.8) is 0 Å². The molecule has 4 heteroatoms. The molecule has 3 rings (SSSR count). The molecule has 0 aromatic heterocycles. The Morgan fingerprint density at radius 2 is 2.00 bits per heavy atom. The molecule has 2 aromatic carbocycles. The third kappa shape index (κ3) is 3.16. The number of hydrogen-bond donors (Lipinski definition) is 1. The summed E-state index contributed by atoms with van der Waals surface area (Å²) in [6, 6.07) is 11.7. The number of benzene rings is 2. The van der Waals surface area contributed by atoms with Crippen LogP contribution in [-0.2, 0) is 6.42 Å². The minimum absolute atomic E-state index is 0.102. The van der Waals surface area contributed by atoms with Gasteiger partial charge in [-0.1, -0.05) is 18.2 Å². The average Bonchev–Trinajstić information content (AvgIpc) is 2.47. The van der Waals surface area contributed by atoms with Gasteiger partial charge >= 0.3 is 0 Å². The molecule has 0 saturated carbocycles. The lowest BCUT2D eigenvalue weighted by molar-refractivity contribution is 0.100. The Bertz CT molecular complexity index is 809. The second-order valence-corrected chi connectivity index (χ2v) is 6.54. The summed E-state index contributed by atoms with van der Waals surface area (Å²) in [6.45, 7) is 4.03. The Balaban J connectivity index is 1.98. The van der Waals surface area contributed by atoms with E-state index in [1.54, 1.807) is 30.3 Å². The number of carbonyl (C=O) groups excluding carboxylic acids is 1. The number of anilines is 1. The van der Waals surface area contributed by atoms with Crippen molar-refractivity contribution in [1.82, 2.24) is 0 Å². The highest BCUT2D eigenvalue weighted by Crippen LogP contribution is 2.29. The van der Waals surface area contributed by atoms with E-state index in [0.717, 1.165) is 17.5 Å². The smallest absolute Gasteiger partial charge is 0.170 e. The normalized spacial score (nSPS) is 15.7. The van der Waals surface area contributed by atoms with Crippen LogP contribution in [0.5, 0.6) is 0 Å². The first-order valence-corrected chi connectivity index (χ1v) is 7.61. The standard InChI is InChI=1S/C19H19FN2O/c1-19(2)11-12-7-8-13(20)9-15(12)17(22-19)10-18(23)14-5-3-4-6-16(14)21/h3-9H,10-11,21H2,1-2H3. The van der Waals surface area contributed by atoms with Crippen molar-refractivity contribution in [2.24, 2.45) is 4.99 Å². The maximum Gasteiger partial charge on any atom is 0.170 e. The molecule has 0 bridgehead atoms. The number of nitrogen functional groups attached to an aromatic ring is 1. The van der Waals surface area contributed by atoms with Gasteiger partial charge < -0.3 is 5.73 Å². The van der Waals surface area contributed by atoms with Gasteiger partial charge in [-0.3, -0.25) is 9.79 Å². The molecular formula is C19H19FN2O. The summed E-state index contributed by atoms with van der Waals surface area (Å²) in [4.78, 5) is 17.3. The lowest BCUT2D eigenvalue weighted by Gasteiger charge is -2.29. The highest BCUT2D eigenvalue weighted by Gasteiger charge is 2.28. The van der Waals surface area contributed by atoms with Gasteiger partial charge in [0.1, 0.15) is 5.82 Å². The summed E-state index contributed by atoms with van der Waals surface area (Å²) in [5.74, 6) is -0.419. The number of nitrogens with two attached hydrogens (primary N) is 1. The molecule has 0 saturated heterocycles. The number of nitrogens with zero attached hydrogens (tertiary/aromatic N) is 1. The quantitative estimate of drug-likeness (QED) is 0.692. The second kappa shape index (κ2) is 5.61. The molecule has 2 N–H and O–H groups in total. The molecule has 0 fully saturated rings. The van der Waals surface area contributed by atoms with Crippen LogP contribution in [0, 0.1) is 5.82 Å². The molecule has 0 amide bonds. The van der Waals surface area contributed by atoms with E-state index in [1.165, 1.54) is 12.1 Å². The predicted octanol–water partition coefficient (Wildman–Crippen LogP) is 3.80. The molecule has 1 aliphatic rings. The topological polar surface area (TPSA) is 55.5 Å². The van der Waals surface area contributed by atoms with Crippen LogP contribution in [0.15, 0.2) is 47.5 Å². The van der Waals surface area contributed by atoms with E-state index in [0.29, 0.717) is 17.0 Å². The highest BCUT2D eigenvalue weighted by atomic mass is 19.1. The molecule has 118 valence electrons. The van der Waals surface area contributed by atoms with Gasteiger partial charge in [0.05, 0.1) is 17.7 Å². The van der Waals surface area contributed by atoms with Crippen molar-refractivity contribution in [3.8, 4) is 0 Å². The van der Waals surface area contributed by atoms with Gasteiger partial charge in [0.25, 0.3) is 0 Å². The highest BCUT2D eigenvalue weighted by molar-refractivity contribution is 6.18. The predicted molar refractivity (Wildman–Crippen MR) is 90.5 cm³/mol. The summed E-state index contributed by atoms with van der Waals surface area (Å²) in [6.07, 6.45) is 0.849. The van der Waals surface area contributed by atoms with Crippen LogP contribution in [0.25, 0.3) is 0 Å². The van der Waals surface area contributed by atoms with E-state index in [2.05, 4.69) is 4.99 Å². The molecule has 0 atom stereocenters. The number of ketones is 1. The van der Waals surface area contributed by atoms with Crippen molar-refractivity contribution in [3.05, 3.63) is 65.0 Å². The second-order valence-electron chi connectivity index (χ2n) is 6.54. The Morgan fingerprint density at radius 3 is 2.74 bits per heavy atom. The van der Waals surface area contributed by atoms with Gasteiger partial charge in [-0.15, -0.1) is 0 Å². The van der Waals surface area contributed by atoms with E-state index in [-0.39, 0.29) is 23.6 Å². The lowest BCUT2D eigenvalue weighted by Crippen LogP contribution is -2.30. The van der Waals surface area contributed by atoms with E-state index >= 15 is 0 Å². The van der Waals surface area contributed by atoms with Gasteiger partial charge in [-0.05, 0) is 50.1 Å². The molecule has 0 spiro atoms. The fraction of sp³-hybridized carbons (Fsp3) is 0.263. The first kappa shape index (κ1) is 15.4. The van der Waals surface area contributed by atoms with E-state index < -0.39 is 0 Å². The summed E-state index contributed by atoms with van der Waals surface area (Å²) in [5, 5.41) is 0. The molecule has 0 aliphatic carbocycles. The van der Waals surface area contributed by atoms with Crippen LogP contribution in [0.4, 0.5) is 10.1 Å². The Morgan fingerprint density at radius 1 is 1.26 bits per heavy atom. The van der Waals surface area contributed by atoms with Crippen molar-refractivity contribution >= 4 is 17.2 Å². The third-order valence-corrected chi connectivity index (χ3v) is 4.03. The minimum atomic E-state index is -0.317. The fourth-order valence-corrected chi connectivity index (χ4v) is 3.04. The Hall–Kier alpha value is -2.49. The van der Waals surface area contributed by atoms with E-state index in [4.69, 9.17) is 5.73 Å². The fourth-order valence-electron chi connectivity index (χ4n) is 3.04. The monoisotopic (exact) mass is 310 g/mol. The van der Waals surface area contributed by atoms with Crippen molar-refractivity contribution in [2.45, 2.75) is 32.2 Å². The van der Waals surface area contributed by atoms with Gasteiger partial charge in [0.2, 0.25) is 0 Å². The molecule has 23 heavy (non-hydrogen) atoms. The first-order chi connectivity index (χ1) is 10.9. The van der Waals surface area contributed by atoms with Gasteiger partial charge in [0.15, 0.2) is 5.78 Å². The van der Waals surface area contributed by atoms with Gasteiger partial charge in [-0.25, -0.2) is 4.39 Å². The molecule has 2 aromatic rings. The zero-order valence-corrected chi connectivity index (χ0v) is 13.3. The number of aliphatic imine (C=N–C) groups is 1. The molecule has 1 heterocycles. The summed E-state index contributed by atoms with van der Waals surface area (Å²) in [7, 11) is 0.